The molecule has 1 unspecified atom stereocenters. The molecule has 0 aromatic heterocycles. The Morgan fingerprint density at radius 3 is 2.32 bits per heavy atom. The quantitative estimate of drug-likeness (QED) is 0.325. The first kappa shape index (κ1) is 20.1. The number of nitrogens with zero attached hydrogens (tertiary/aromatic N) is 2. The molecule has 10 heteroatoms. The van der Waals surface area contributed by atoms with Crippen molar-refractivity contribution in [2.75, 3.05) is 0 Å². The molecule has 1 atom stereocenters. The van der Waals surface area contributed by atoms with Gasteiger partial charge in [-0.1, -0.05) is 23.8 Å². The van der Waals surface area contributed by atoms with Crippen LogP contribution in [0.3, 0.4) is 0 Å². The van der Waals surface area contributed by atoms with Gasteiger partial charge in [-0.05, 0) is 49.1 Å². The van der Waals surface area contributed by atoms with Gasteiger partial charge < -0.3 is 9.66 Å². The Labute approximate surface area is 163 Å². The van der Waals surface area contributed by atoms with Crippen LogP contribution in [0.4, 0.5) is 11.4 Å². The van der Waals surface area contributed by atoms with Crippen molar-refractivity contribution in [3.63, 3.8) is 0 Å². The summed E-state index contributed by atoms with van der Waals surface area (Å²) < 4.78 is 53.3. The lowest BCUT2D eigenvalue weighted by Gasteiger charge is -2.09. The van der Waals surface area contributed by atoms with Gasteiger partial charge >= 0.3 is 0 Å². The van der Waals surface area contributed by atoms with Crippen molar-refractivity contribution in [1.82, 2.24) is 0 Å². The van der Waals surface area contributed by atoms with Gasteiger partial charge in [-0.15, -0.1) is 5.11 Å². The monoisotopic (exact) mass is 420 g/mol. The summed E-state index contributed by atoms with van der Waals surface area (Å²) in [4.78, 5) is -0.743. The average Bonchev–Trinajstić information content (AvgIpc) is 2.60. The summed E-state index contributed by atoms with van der Waals surface area (Å²) in [5.41, 5.74) is 2.20. The normalized spacial score (nSPS) is 13.3. The number of aromatic hydroxyl groups is 1. The van der Waals surface area contributed by atoms with Crippen LogP contribution < -0.4 is 0 Å². The number of rotatable bonds is 4. The highest BCUT2D eigenvalue weighted by Crippen LogP contribution is 2.41. The molecule has 0 saturated heterocycles. The predicted octanol–water partition coefficient (Wildman–Crippen LogP) is 4.40. The molecule has 0 aliphatic heterocycles. The van der Waals surface area contributed by atoms with Crippen molar-refractivity contribution in [2.45, 2.75) is 23.6 Å². The van der Waals surface area contributed by atoms with Crippen LogP contribution in [0.15, 0.2) is 62.5 Å². The molecule has 0 radical (unpaired) electrons. The summed E-state index contributed by atoms with van der Waals surface area (Å²) in [5.74, 6) is -0.763. The van der Waals surface area contributed by atoms with Gasteiger partial charge in [-0.3, -0.25) is 4.55 Å². The third kappa shape index (κ3) is 3.94. The Morgan fingerprint density at radius 1 is 1.00 bits per heavy atom. The van der Waals surface area contributed by atoms with Gasteiger partial charge in [0.15, 0.2) is 16.8 Å². The highest BCUT2D eigenvalue weighted by atomic mass is 32.2. The molecule has 0 fully saturated rings. The highest BCUT2D eigenvalue weighted by Gasteiger charge is 2.22. The van der Waals surface area contributed by atoms with Crippen molar-refractivity contribution in [3.05, 3.63) is 53.6 Å². The number of aryl methyl sites for hydroxylation is 2. The number of phenols is 1. The van der Waals surface area contributed by atoms with E-state index in [4.69, 9.17) is 0 Å². The van der Waals surface area contributed by atoms with Crippen LogP contribution in [-0.2, 0) is 21.2 Å². The van der Waals surface area contributed by atoms with Crippen LogP contribution in [0, 0.1) is 13.8 Å². The average molecular weight is 420 g/mol. The molecular formula is C18H16N2O6S2. The van der Waals surface area contributed by atoms with Crippen molar-refractivity contribution < 1.29 is 26.8 Å². The van der Waals surface area contributed by atoms with E-state index in [0.29, 0.717) is 11.1 Å². The van der Waals surface area contributed by atoms with Gasteiger partial charge in [0, 0.05) is 5.39 Å². The second kappa shape index (κ2) is 7.40. The number of azo groups is 1. The molecular weight excluding hydrogens is 404 g/mol. The standard InChI is InChI=1S/C18H16N2O6S2/c1-10-3-6-15(11(2)7-10)19-20-17-14-5-4-13(27(22)23)8-12(14)9-16(18(17)21)28(24,25)26/h3-9,21H,1-2H3,(H,22,23)(H,24,25,26). The van der Waals surface area contributed by atoms with Crippen molar-refractivity contribution in [3.8, 4) is 5.75 Å². The van der Waals surface area contributed by atoms with Gasteiger partial charge in [-0.2, -0.15) is 13.5 Å². The number of hydrogen-bond donors (Lipinski definition) is 3. The lowest BCUT2D eigenvalue weighted by atomic mass is 10.1. The Bertz CT molecular complexity index is 1250. The van der Waals surface area contributed by atoms with Gasteiger partial charge in [0.2, 0.25) is 0 Å². The van der Waals surface area contributed by atoms with Crippen molar-refractivity contribution in [1.29, 1.82) is 0 Å². The first-order chi connectivity index (χ1) is 13.1. The Hall–Kier alpha value is -2.66. The zero-order valence-electron chi connectivity index (χ0n) is 14.8. The van der Waals surface area contributed by atoms with Crippen LogP contribution in [0.25, 0.3) is 10.8 Å². The van der Waals surface area contributed by atoms with E-state index < -0.39 is 31.8 Å². The Morgan fingerprint density at radius 2 is 1.71 bits per heavy atom. The maximum Gasteiger partial charge on any atom is 0.298 e. The fraction of sp³-hybridized carbons (Fsp3) is 0.111. The molecule has 3 aromatic rings. The lowest BCUT2D eigenvalue weighted by Crippen LogP contribution is -1.99. The maximum atomic E-state index is 11.6. The summed E-state index contributed by atoms with van der Waals surface area (Å²) in [6, 6.07) is 10.5. The van der Waals surface area contributed by atoms with Crippen molar-refractivity contribution in [2.24, 2.45) is 10.2 Å². The summed E-state index contributed by atoms with van der Waals surface area (Å²) in [6.45, 7) is 3.75. The third-order valence-corrected chi connectivity index (χ3v) is 5.64. The summed E-state index contributed by atoms with van der Waals surface area (Å²) in [7, 11) is -4.77. The van der Waals surface area contributed by atoms with Crippen LogP contribution in [0.5, 0.6) is 5.75 Å². The topological polar surface area (TPSA) is 137 Å². The van der Waals surface area contributed by atoms with Crippen LogP contribution in [0.1, 0.15) is 11.1 Å². The second-order valence-electron chi connectivity index (χ2n) is 6.17. The fourth-order valence-corrected chi connectivity index (χ4v) is 3.79. The molecule has 0 spiro atoms. The largest absolute Gasteiger partial charge is 0.504 e. The van der Waals surface area contributed by atoms with E-state index in [-0.39, 0.29) is 16.0 Å². The lowest BCUT2D eigenvalue weighted by molar-refractivity contribution is 0.445. The molecule has 8 nitrogen and oxygen atoms in total. The Balaban J connectivity index is 2.28. The van der Waals surface area contributed by atoms with E-state index in [2.05, 4.69) is 10.2 Å². The first-order valence-electron chi connectivity index (χ1n) is 7.95. The molecule has 0 saturated carbocycles. The molecule has 0 bridgehead atoms. The van der Waals surface area contributed by atoms with Gasteiger partial charge in [-0.25, -0.2) is 4.21 Å². The van der Waals surface area contributed by atoms with E-state index >= 15 is 0 Å². The van der Waals surface area contributed by atoms with Gasteiger partial charge in [0.1, 0.15) is 10.6 Å². The van der Waals surface area contributed by atoms with Gasteiger partial charge in [0.25, 0.3) is 10.1 Å². The number of fused-ring (bicyclic) bond motifs is 1. The molecule has 3 rings (SSSR count). The zero-order valence-corrected chi connectivity index (χ0v) is 16.5. The predicted molar refractivity (Wildman–Crippen MR) is 105 cm³/mol. The van der Waals surface area contributed by atoms with Crippen molar-refractivity contribution >= 4 is 43.3 Å². The van der Waals surface area contributed by atoms with Crippen LogP contribution >= 0.6 is 0 Å². The SMILES string of the molecule is Cc1ccc(N=Nc2c(O)c(S(=O)(=O)O)cc3cc(S(=O)O)ccc23)c(C)c1. The molecule has 0 heterocycles. The van der Waals surface area contributed by atoms with Crippen LogP contribution in [0.2, 0.25) is 0 Å². The fourth-order valence-electron chi connectivity index (χ4n) is 2.76. The summed E-state index contributed by atoms with van der Waals surface area (Å²) >= 11 is -2.29. The van der Waals surface area contributed by atoms with E-state index in [0.717, 1.165) is 17.2 Å². The molecule has 3 N–H and O–H groups in total. The van der Waals surface area contributed by atoms with E-state index in [1.54, 1.807) is 6.07 Å². The highest BCUT2D eigenvalue weighted by molar-refractivity contribution is 7.86. The van der Waals surface area contributed by atoms with E-state index in [9.17, 15) is 26.8 Å². The molecule has 146 valence electrons. The minimum absolute atomic E-state index is 0.0248. The number of phenolic OH excluding ortho intramolecular Hbond substituents is 1. The second-order valence-corrected chi connectivity index (χ2v) is 8.53. The molecule has 0 amide bonds. The van der Waals surface area contributed by atoms with E-state index in [1.165, 1.54) is 18.2 Å². The third-order valence-electron chi connectivity index (χ3n) is 4.11. The summed E-state index contributed by atoms with van der Waals surface area (Å²) in [6.07, 6.45) is 0. The smallest absolute Gasteiger partial charge is 0.298 e. The maximum absolute atomic E-state index is 11.6. The molecule has 3 aromatic carbocycles. The van der Waals surface area contributed by atoms with E-state index in [1.807, 2.05) is 26.0 Å². The molecule has 0 aliphatic carbocycles. The van der Waals surface area contributed by atoms with Crippen LogP contribution in [-0.4, -0.2) is 26.8 Å². The van der Waals surface area contributed by atoms with Gasteiger partial charge in [0.05, 0.1) is 10.6 Å². The minimum Gasteiger partial charge on any atom is -0.504 e. The zero-order chi connectivity index (χ0) is 20.6. The Kier molecular flexibility index (Phi) is 5.31. The first-order valence-corrected chi connectivity index (χ1v) is 10.5. The molecule has 0 aliphatic rings. The number of benzene rings is 3. The molecule has 28 heavy (non-hydrogen) atoms. The number of hydrogen-bond acceptors (Lipinski definition) is 6. The summed E-state index contributed by atoms with van der Waals surface area (Å²) in [5, 5.41) is 19.0. The minimum atomic E-state index is -4.77.